The van der Waals surface area contributed by atoms with E-state index in [1.54, 1.807) is 30.5 Å². The number of rotatable bonds is 3. The molecule has 0 aliphatic heterocycles. The van der Waals surface area contributed by atoms with Gasteiger partial charge in [0, 0.05) is 23.3 Å². The highest BCUT2D eigenvalue weighted by molar-refractivity contribution is 6.35. The minimum atomic E-state index is 0.406. The summed E-state index contributed by atoms with van der Waals surface area (Å²) < 4.78 is 0. The quantitative estimate of drug-likeness (QED) is 0.927. The van der Waals surface area contributed by atoms with E-state index in [-0.39, 0.29) is 0 Å². The molecule has 0 atom stereocenters. The predicted molar refractivity (Wildman–Crippen MR) is 72.7 cm³/mol. The number of hydrogen-bond donors (Lipinski definition) is 1. The first-order valence-electron chi connectivity index (χ1n) is 5.23. The van der Waals surface area contributed by atoms with E-state index in [2.05, 4.69) is 10.3 Å². The monoisotopic (exact) mass is 277 g/mol. The minimum absolute atomic E-state index is 0.406. The number of halogens is 2. The first kappa shape index (κ1) is 12.7. The standard InChI is InChI=1S/C13H9Cl2N3/c14-10-3-4-11(15)12(6-10)18-8-9-2-1-5-17-13(9)7-16/h1-6,18H,8H2. The van der Waals surface area contributed by atoms with Crippen molar-refractivity contribution in [1.29, 1.82) is 5.26 Å². The maximum absolute atomic E-state index is 8.93. The van der Waals surface area contributed by atoms with Crippen LogP contribution in [0.3, 0.4) is 0 Å². The average Bonchev–Trinajstić information content (AvgIpc) is 2.40. The van der Waals surface area contributed by atoms with Crippen LogP contribution in [0.25, 0.3) is 0 Å². The Kier molecular flexibility index (Phi) is 4.03. The van der Waals surface area contributed by atoms with Gasteiger partial charge in [0.2, 0.25) is 0 Å². The number of hydrogen-bond acceptors (Lipinski definition) is 3. The molecule has 0 aliphatic rings. The molecule has 1 heterocycles. The highest BCUT2D eigenvalue weighted by Crippen LogP contribution is 2.25. The molecule has 2 aromatic rings. The van der Waals surface area contributed by atoms with Gasteiger partial charge in [0.25, 0.3) is 0 Å². The van der Waals surface area contributed by atoms with Crippen LogP contribution >= 0.6 is 23.2 Å². The molecule has 0 fully saturated rings. The van der Waals surface area contributed by atoms with E-state index in [0.29, 0.717) is 22.3 Å². The molecule has 5 heteroatoms. The van der Waals surface area contributed by atoms with Crippen molar-refractivity contribution in [1.82, 2.24) is 4.98 Å². The molecule has 2 rings (SSSR count). The lowest BCUT2D eigenvalue weighted by Crippen LogP contribution is -2.03. The van der Waals surface area contributed by atoms with Gasteiger partial charge in [0.1, 0.15) is 11.8 Å². The second-order valence-electron chi connectivity index (χ2n) is 3.60. The Balaban J connectivity index is 2.17. The Morgan fingerprint density at radius 1 is 1.28 bits per heavy atom. The van der Waals surface area contributed by atoms with Crippen molar-refractivity contribution < 1.29 is 0 Å². The predicted octanol–water partition coefficient (Wildman–Crippen LogP) is 3.87. The summed E-state index contributed by atoms with van der Waals surface area (Å²) in [5.41, 5.74) is 1.95. The van der Waals surface area contributed by atoms with Crippen LogP contribution in [0.1, 0.15) is 11.3 Å². The Hall–Kier alpha value is -1.76. The summed E-state index contributed by atoms with van der Waals surface area (Å²) in [6, 6.07) is 10.9. The Labute approximate surface area is 115 Å². The summed E-state index contributed by atoms with van der Waals surface area (Å²) in [7, 11) is 0. The van der Waals surface area contributed by atoms with Crippen molar-refractivity contribution in [3.63, 3.8) is 0 Å². The fourth-order valence-electron chi connectivity index (χ4n) is 1.51. The van der Waals surface area contributed by atoms with Crippen molar-refractivity contribution in [2.75, 3.05) is 5.32 Å². The second kappa shape index (κ2) is 5.72. The summed E-state index contributed by atoms with van der Waals surface area (Å²) in [6.07, 6.45) is 1.59. The van der Waals surface area contributed by atoms with Crippen LogP contribution in [-0.4, -0.2) is 4.98 Å². The van der Waals surface area contributed by atoms with Gasteiger partial charge < -0.3 is 5.32 Å². The number of benzene rings is 1. The molecule has 90 valence electrons. The third-order valence-electron chi connectivity index (χ3n) is 2.39. The van der Waals surface area contributed by atoms with Gasteiger partial charge in [-0.2, -0.15) is 5.26 Å². The maximum Gasteiger partial charge on any atom is 0.145 e. The molecule has 0 saturated heterocycles. The van der Waals surface area contributed by atoms with Crippen molar-refractivity contribution in [2.24, 2.45) is 0 Å². The molecular weight excluding hydrogens is 269 g/mol. The smallest absolute Gasteiger partial charge is 0.145 e. The van der Waals surface area contributed by atoms with Crippen LogP contribution < -0.4 is 5.32 Å². The van der Waals surface area contributed by atoms with Crippen molar-refractivity contribution in [3.05, 3.63) is 57.8 Å². The van der Waals surface area contributed by atoms with Crippen LogP contribution in [-0.2, 0) is 6.54 Å². The van der Waals surface area contributed by atoms with Crippen LogP contribution in [0.2, 0.25) is 10.0 Å². The largest absolute Gasteiger partial charge is 0.380 e. The van der Waals surface area contributed by atoms with Gasteiger partial charge in [-0.15, -0.1) is 0 Å². The van der Waals surface area contributed by atoms with Gasteiger partial charge >= 0.3 is 0 Å². The lowest BCUT2D eigenvalue weighted by atomic mass is 10.2. The molecule has 18 heavy (non-hydrogen) atoms. The van der Waals surface area contributed by atoms with Gasteiger partial charge in [-0.25, -0.2) is 4.98 Å². The van der Waals surface area contributed by atoms with Crippen molar-refractivity contribution in [2.45, 2.75) is 6.54 Å². The summed E-state index contributed by atoms with van der Waals surface area (Å²) in [5.74, 6) is 0. The van der Waals surface area contributed by atoms with E-state index in [1.165, 1.54) is 0 Å². The van der Waals surface area contributed by atoms with Crippen molar-refractivity contribution >= 4 is 28.9 Å². The first-order chi connectivity index (χ1) is 8.70. The second-order valence-corrected chi connectivity index (χ2v) is 4.44. The summed E-state index contributed by atoms with van der Waals surface area (Å²) in [5, 5.41) is 13.3. The highest BCUT2D eigenvalue weighted by atomic mass is 35.5. The molecule has 3 nitrogen and oxygen atoms in total. The number of aromatic nitrogens is 1. The van der Waals surface area contributed by atoms with Crippen molar-refractivity contribution in [3.8, 4) is 6.07 Å². The Bertz CT molecular complexity index is 605. The molecule has 0 saturated carbocycles. The number of nitriles is 1. The zero-order valence-electron chi connectivity index (χ0n) is 9.32. The van der Waals surface area contributed by atoms with Gasteiger partial charge in [-0.05, 0) is 24.3 Å². The SMILES string of the molecule is N#Cc1ncccc1CNc1cc(Cl)ccc1Cl. The lowest BCUT2D eigenvalue weighted by molar-refractivity contribution is 1.09. The molecule has 0 bridgehead atoms. The molecule has 0 amide bonds. The van der Waals surface area contributed by atoms with Gasteiger partial charge in [-0.3, -0.25) is 0 Å². The number of anilines is 1. The number of nitrogens with one attached hydrogen (secondary N) is 1. The van der Waals surface area contributed by atoms with Gasteiger partial charge in [-0.1, -0.05) is 29.3 Å². The maximum atomic E-state index is 8.93. The van der Waals surface area contributed by atoms with E-state index in [9.17, 15) is 0 Å². The fourth-order valence-corrected chi connectivity index (χ4v) is 1.86. The van der Waals surface area contributed by atoms with Crippen LogP contribution in [0.15, 0.2) is 36.5 Å². The van der Waals surface area contributed by atoms with E-state index in [0.717, 1.165) is 11.3 Å². The Morgan fingerprint density at radius 3 is 2.89 bits per heavy atom. The zero-order chi connectivity index (χ0) is 13.0. The number of nitrogens with zero attached hydrogens (tertiary/aromatic N) is 2. The third kappa shape index (κ3) is 2.92. The normalized spacial score (nSPS) is 9.83. The summed E-state index contributed by atoms with van der Waals surface area (Å²) in [6.45, 7) is 0.469. The summed E-state index contributed by atoms with van der Waals surface area (Å²) in [4.78, 5) is 3.99. The average molecular weight is 278 g/mol. The van der Waals surface area contributed by atoms with Crippen LogP contribution in [0.5, 0.6) is 0 Å². The zero-order valence-corrected chi connectivity index (χ0v) is 10.8. The molecule has 0 aliphatic carbocycles. The molecule has 1 N–H and O–H groups in total. The van der Waals surface area contributed by atoms with Crippen LogP contribution in [0.4, 0.5) is 5.69 Å². The van der Waals surface area contributed by atoms with Gasteiger partial charge in [0.15, 0.2) is 0 Å². The van der Waals surface area contributed by atoms with E-state index < -0.39 is 0 Å². The molecule has 0 unspecified atom stereocenters. The minimum Gasteiger partial charge on any atom is -0.380 e. The van der Waals surface area contributed by atoms with Crippen LogP contribution in [0, 0.1) is 11.3 Å². The topological polar surface area (TPSA) is 48.7 Å². The van der Waals surface area contributed by atoms with E-state index in [1.807, 2.05) is 12.1 Å². The number of pyridine rings is 1. The first-order valence-corrected chi connectivity index (χ1v) is 5.99. The molecule has 1 aromatic heterocycles. The van der Waals surface area contributed by atoms with E-state index in [4.69, 9.17) is 28.5 Å². The molecule has 0 radical (unpaired) electrons. The highest BCUT2D eigenvalue weighted by Gasteiger charge is 2.04. The third-order valence-corrected chi connectivity index (χ3v) is 2.96. The molecular formula is C13H9Cl2N3. The Morgan fingerprint density at radius 2 is 2.11 bits per heavy atom. The fraction of sp³-hybridized carbons (Fsp3) is 0.0769. The summed E-state index contributed by atoms with van der Waals surface area (Å²) >= 11 is 11.9. The molecule has 1 aromatic carbocycles. The van der Waals surface area contributed by atoms with E-state index >= 15 is 0 Å². The lowest BCUT2D eigenvalue weighted by Gasteiger charge is -2.09. The molecule has 0 spiro atoms. The van der Waals surface area contributed by atoms with Gasteiger partial charge in [0.05, 0.1) is 10.7 Å².